The zero-order valence-electron chi connectivity index (χ0n) is 45.2. The Kier molecular flexibility index (Phi) is 31.0. The average Bonchev–Trinajstić information content (AvgIpc) is 3.33. The normalized spacial score (nSPS) is 35.9. The van der Waals surface area contributed by atoms with E-state index < -0.39 is 128 Å². The van der Waals surface area contributed by atoms with Crippen molar-refractivity contribution in [3.63, 3.8) is 0 Å². The van der Waals surface area contributed by atoms with Gasteiger partial charge in [0.15, 0.2) is 11.7 Å². The van der Waals surface area contributed by atoms with Crippen LogP contribution < -0.4 is 11.1 Å². The number of rotatable bonds is 12. The van der Waals surface area contributed by atoms with E-state index in [9.17, 15) is 70.6 Å². The maximum atomic E-state index is 13.3. The molecule has 2 heterocycles. The number of guanidine groups is 1. The van der Waals surface area contributed by atoms with Gasteiger partial charge < -0.3 is 81.4 Å². The van der Waals surface area contributed by atoms with Gasteiger partial charge in [0.05, 0.1) is 54.9 Å². The number of fused-ring (bicyclic) bond motifs is 2. The summed E-state index contributed by atoms with van der Waals surface area (Å²) in [5.74, 6) is -7.44. The molecule has 0 amide bonds. The third-order valence-electron chi connectivity index (χ3n) is 14.5. The summed E-state index contributed by atoms with van der Waals surface area (Å²) in [6.07, 6.45) is 2.20. The van der Waals surface area contributed by atoms with Crippen molar-refractivity contribution in [2.75, 3.05) is 13.6 Å². The van der Waals surface area contributed by atoms with Gasteiger partial charge in [0.2, 0.25) is 0 Å². The Labute approximate surface area is 443 Å². The Morgan fingerprint density at radius 3 is 2.15 bits per heavy atom. The molecule has 0 aromatic heterocycles. The van der Waals surface area contributed by atoms with Gasteiger partial charge in [-0.1, -0.05) is 83.2 Å². The fourth-order valence-corrected chi connectivity index (χ4v) is 9.32. The predicted molar refractivity (Wildman–Crippen MR) is 282 cm³/mol. The van der Waals surface area contributed by atoms with E-state index in [-0.39, 0.29) is 63.2 Å². The van der Waals surface area contributed by atoms with Crippen LogP contribution in [0.5, 0.6) is 0 Å². The van der Waals surface area contributed by atoms with E-state index in [4.69, 9.17) is 19.9 Å². The van der Waals surface area contributed by atoms with Crippen molar-refractivity contribution in [1.82, 2.24) is 5.32 Å². The minimum Gasteiger partial charge on any atom is -0.481 e. The molecule has 14 N–H and O–H groups in total. The number of nitrogens with two attached hydrogens (primary N) is 1. The van der Waals surface area contributed by atoms with Crippen LogP contribution in [0.1, 0.15) is 138 Å². The predicted octanol–water partition coefficient (Wildman–Crippen LogP) is 2.98. The van der Waals surface area contributed by atoms with Crippen molar-refractivity contribution < 1.29 is 84.8 Å². The molecule has 75 heavy (non-hydrogen) atoms. The van der Waals surface area contributed by atoms with Crippen LogP contribution in [0.2, 0.25) is 0 Å². The zero-order chi connectivity index (χ0) is 56.4. The van der Waals surface area contributed by atoms with Crippen molar-refractivity contribution in [2.24, 2.45) is 40.3 Å². The van der Waals surface area contributed by atoms with E-state index in [1.807, 2.05) is 19.9 Å². The second kappa shape index (κ2) is 34.7. The van der Waals surface area contributed by atoms with Crippen LogP contribution in [0.3, 0.4) is 0 Å². The molecule has 20 nitrogen and oxygen atoms in total. The van der Waals surface area contributed by atoms with E-state index in [0.717, 1.165) is 32.1 Å². The molecule has 1 fully saturated rings. The Balaban J connectivity index is 2.40. The smallest absolute Gasteiger partial charge is 0.331 e. The summed E-state index contributed by atoms with van der Waals surface area (Å²) in [5.41, 5.74) is 6.16. The number of ether oxygens (including phenoxy) is 3. The first-order valence-corrected chi connectivity index (χ1v) is 26.7. The zero-order valence-corrected chi connectivity index (χ0v) is 45.2. The Bertz CT molecular complexity index is 1880. The molecule has 1 saturated heterocycles. The highest BCUT2D eigenvalue weighted by Gasteiger charge is 2.50. The number of hydrogen-bond acceptors (Lipinski definition) is 17. The number of unbranched alkanes of at least 4 members (excludes halogenated alkanes) is 2. The number of hydrogen-bond donors (Lipinski definition) is 13. The first-order valence-electron chi connectivity index (χ1n) is 26.7. The molecular weight excluding hydrogens is 975 g/mol. The second-order valence-corrected chi connectivity index (χ2v) is 21.1. The summed E-state index contributed by atoms with van der Waals surface area (Å²) in [7, 11) is 1.62. The highest BCUT2D eigenvalue weighted by Crippen LogP contribution is 2.36. The van der Waals surface area contributed by atoms with Crippen LogP contribution in [-0.2, 0) is 28.6 Å². The van der Waals surface area contributed by atoms with E-state index >= 15 is 0 Å². The number of aliphatic hydroxyl groups excluding tert-OH is 9. The lowest BCUT2D eigenvalue weighted by Crippen LogP contribution is -2.60. The summed E-state index contributed by atoms with van der Waals surface area (Å²) in [5, 5.41) is 123. The van der Waals surface area contributed by atoms with Gasteiger partial charge in [0.1, 0.15) is 24.7 Å². The number of esters is 2. The maximum absolute atomic E-state index is 13.3. The molecule has 430 valence electrons. The number of carboxylic acids is 1. The van der Waals surface area contributed by atoms with E-state index in [0.29, 0.717) is 18.1 Å². The minimum absolute atomic E-state index is 0.0591. The fraction of sp³-hybridized carbons (Fsp3) is 0.745. The Morgan fingerprint density at radius 1 is 0.827 bits per heavy atom. The molecule has 2 aliphatic rings. The molecule has 18 atom stereocenters. The minimum atomic E-state index is -2.52. The molecule has 0 saturated carbocycles. The third kappa shape index (κ3) is 25.8. The molecule has 2 bridgehead atoms. The average molecular weight is 1070 g/mol. The summed E-state index contributed by atoms with van der Waals surface area (Å²) < 4.78 is 17.3. The molecule has 0 aromatic rings. The van der Waals surface area contributed by atoms with Crippen LogP contribution in [0.4, 0.5) is 0 Å². The van der Waals surface area contributed by atoms with Crippen molar-refractivity contribution >= 4 is 23.9 Å². The first kappa shape index (κ1) is 67.1. The molecule has 0 aromatic carbocycles. The number of aliphatic carboxylic acids is 1. The lowest BCUT2D eigenvalue weighted by atomic mass is 9.84. The van der Waals surface area contributed by atoms with E-state index in [1.165, 1.54) is 12.2 Å². The van der Waals surface area contributed by atoms with Crippen LogP contribution in [0.25, 0.3) is 0 Å². The van der Waals surface area contributed by atoms with Gasteiger partial charge in [0.25, 0.3) is 0 Å². The number of carbonyl (C=O) groups excluding carboxylic acids is 2. The van der Waals surface area contributed by atoms with Gasteiger partial charge in [-0.25, -0.2) is 4.79 Å². The molecule has 0 spiro atoms. The number of aliphatic hydroxyl groups is 10. The van der Waals surface area contributed by atoms with Crippen LogP contribution in [0.15, 0.2) is 65.2 Å². The molecule has 2 rings (SSSR count). The SMILES string of the molecule is CN=C(N)NCCCC=CCCCC(C)C1OC(=O)C=CC=CC(C)C(O)CC(O)C(C)C(O)CCC(C)C(O)CC2(O)OC(CC(OC(=O)CC(=O)O)CC(O)CC(O)CC(O)C(C)=CC=CC1C)CC(O)C2O. The summed E-state index contributed by atoms with van der Waals surface area (Å²) in [6.45, 7) is 11.3. The summed E-state index contributed by atoms with van der Waals surface area (Å²) in [6, 6.07) is 0. The van der Waals surface area contributed by atoms with E-state index in [2.05, 4.69) is 22.5 Å². The van der Waals surface area contributed by atoms with Gasteiger partial charge in [-0.3, -0.25) is 14.6 Å². The highest BCUT2D eigenvalue weighted by atomic mass is 16.7. The summed E-state index contributed by atoms with van der Waals surface area (Å²) >= 11 is 0. The van der Waals surface area contributed by atoms with E-state index in [1.54, 1.807) is 59.0 Å². The number of carbonyl (C=O) groups is 3. The van der Waals surface area contributed by atoms with Crippen molar-refractivity contribution in [3.05, 3.63) is 60.3 Å². The highest BCUT2D eigenvalue weighted by molar-refractivity contribution is 5.90. The lowest BCUT2D eigenvalue weighted by Gasteiger charge is -2.45. The number of aliphatic imine (C=N–C) groups is 1. The standard InChI is InChI=1S/C55H93N3O17/c1-33-17-13-14-21-50(69)74-52(36(4)18-12-10-8-9-11-15-24-58-54(56)57-7)37(5)20-16-19-34(2)44(62)27-40(60)25-39(59)26-41(73-51(70)31-49(67)68)28-42-29-47(65)53(71)55(72,75-42)32-48(66)35(3)22-23-43(61)38(6)46(64)30-45(33)63/h8-9,13-14,16-17,19-21,33,35-48,52-53,59-66,71-72H,10-12,15,18,22-32H2,1-7H3,(H,67,68)(H3,56,57,58). The van der Waals surface area contributed by atoms with Crippen LogP contribution in [0, 0.1) is 29.6 Å². The molecule has 0 aliphatic carbocycles. The number of nitrogens with zero attached hydrogens (tertiary/aromatic N) is 1. The van der Waals surface area contributed by atoms with Gasteiger partial charge in [-0.15, -0.1) is 0 Å². The molecule has 20 heteroatoms. The molecule has 0 radical (unpaired) electrons. The van der Waals surface area contributed by atoms with Gasteiger partial charge in [-0.2, -0.15) is 0 Å². The largest absolute Gasteiger partial charge is 0.481 e. The Morgan fingerprint density at radius 2 is 1.48 bits per heavy atom. The van der Waals surface area contributed by atoms with Crippen LogP contribution in [-0.4, -0.2) is 173 Å². The van der Waals surface area contributed by atoms with Gasteiger partial charge in [0, 0.05) is 75.9 Å². The first-order chi connectivity index (χ1) is 35.3. The maximum Gasteiger partial charge on any atom is 0.331 e. The molecular formula is C55H93N3O17. The number of carboxylic acid groups (broad SMARTS) is 1. The monoisotopic (exact) mass is 1070 g/mol. The van der Waals surface area contributed by atoms with Crippen molar-refractivity contribution in [1.29, 1.82) is 0 Å². The number of nitrogens with one attached hydrogen (secondary N) is 1. The Hall–Kier alpha value is -4.06. The van der Waals surface area contributed by atoms with Crippen molar-refractivity contribution in [2.45, 2.75) is 217 Å². The topological polar surface area (TPSA) is 352 Å². The summed E-state index contributed by atoms with van der Waals surface area (Å²) in [4.78, 5) is 41.1. The number of allylic oxidation sites excluding steroid dienone is 6. The quantitative estimate of drug-likeness (QED) is 0.0334. The number of cyclic esters (lactones) is 1. The second-order valence-electron chi connectivity index (χ2n) is 21.1. The van der Waals surface area contributed by atoms with Crippen LogP contribution >= 0.6 is 0 Å². The molecule has 2 aliphatic heterocycles. The molecule has 18 unspecified atom stereocenters. The third-order valence-corrected chi connectivity index (χ3v) is 14.5. The fourth-order valence-electron chi connectivity index (χ4n) is 9.32. The van der Waals surface area contributed by atoms with Gasteiger partial charge >= 0.3 is 17.9 Å². The van der Waals surface area contributed by atoms with Crippen molar-refractivity contribution in [3.8, 4) is 0 Å². The lowest BCUT2D eigenvalue weighted by molar-refractivity contribution is -0.333. The van der Waals surface area contributed by atoms with Gasteiger partial charge in [-0.05, 0) is 75.7 Å².